The standard InChI is InChI=1S/C23H22N2O3S/c1-2-27-21-11-7-6-10-20(21)24-23(29)25-22(26)18-12-14-19(15-13-18)28-16-17-8-4-3-5-9-17/h3-15H,2,16H2,1H3,(H2,24,25,26,29). The molecule has 0 unspecified atom stereocenters. The molecule has 0 radical (unpaired) electrons. The summed E-state index contributed by atoms with van der Waals surface area (Å²) in [5.41, 5.74) is 2.27. The predicted molar refractivity (Wildman–Crippen MR) is 119 cm³/mol. The van der Waals surface area contributed by atoms with Crippen LogP contribution in [0.4, 0.5) is 5.69 Å². The summed E-state index contributed by atoms with van der Waals surface area (Å²) in [6, 6.07) is 24.2. The first-order chi connectivity index (χ1) is 14.2. The first-order valence-corrected chi connectivity index (χ1v) is 9.67. The lowest BCUT2D eigenvalue weighted by Gasteiger charge is -2.13. The summed E-state index contributed by atoms with van der Waals surface area (Å²) < 4.78 is 11.3. The van der Waals surface area contributed by atoms with Crippen molar-refractivity contribution < 1.29 is 14.3 Å². The Morgan fingerprint density at radius 2 is 1.59 bits per heavy atom. The van der Waals surface area contributed by atoms with Gasteiger partial charge >= 0.3 is 0 Å². The summed E-state index contributed by atoms with van der Waals surface area (Å²) in [5.74, 6) is 1.06. The molecule has 3 rings (SSSR count). The lowest BCUT2D eigenvalue weighted by atomic mass is 10.2. The normalized spacial score (nSPS) is 10.1. The predicted octanol–water partition coefficient (Wildman–Crippen LogP) is 4.79. The maximum atomic E-state index is 12.4. The van der Waals surface area contributed by atoms with Gasteiger partial charge in [-0.3, -0.25) is 10.1 Å². The van der Waals surface area contributed by atoms with E-state index in [1.165, 1.54) is 0 Å². The van der Waals surface area contributed by atoms with Crippen LogP contribution in [0.2, 0.25) is 0 Å². The minimum atomic E-state index is -0.300. The van der Waals surface area contributed by atoms with Crippen molar-refractivity contribution in [2.24, 2.45) is 0 Å². The zero-order valence-corrected chi connectivity index (χ0v) is 16.9. The van der Waals surface area contributed by atoms with Gasteiger partial charge in [0.2, 0.25) is 0 Å². The van der Waals surface area contributed by atoms with Crippen LogP contribution < -0.4 is 20.1 Å². The zero-order valence-electron chi connectivity index (χ0n) is 16.1. The van der Waals surface area contributed by atoms with E-state index in [4.69, 9.17) is 21.7 Å². The number of amides is 1. The van der Waals surface area contributed by atoms with Gasteiger partial charge in [0.05, 0.1) is 12.3 Å². The maximum Gasteiger partial charge on any atom is 0.257 e. The molecule has 3 aromatic carbocycles. The second-order valence-electron chi connectivity index (χ2n) is 6.14. The van der Waals surface area contributed by atoms with Crippen molar-refractivity contribution in [1.82, 2.24) is 5.32 Å². The summed E-state index contributed by atoms with van der Waals surface area (Å²) in [6.45, 7) is 2.92. The molecule has 5 nitrogen and oxygen atoms in total. The number of carbonyl (C=O) groups excluding carboxylic acids is 1. The minimum absolute atomic E-state index is 0.201. The van der Waals surface area contributed by atoms with Crippen LogP contribution in [0, 0.1) is 0 Å². The second-order valence-corrected chi connectivity index (χ2v) is 6.54. The van der Waals surface area contributed by atoms with Crippen molar-refractivity contribution in [3.63, 3.8) is 0 Å². The van der Waals surface area contributed by atoms with Crippen molar-refractivity contribution in [2.75, 3.05) is 11.9 Å². The molecule has 29 heavy (non-hydrogen) atoms. The number of hydrogen-bond donors (Lipinski definition) is 2. The Balaban J connectivity index is 1.54. The number of para-hydroxylation sites is 2. The Labute approximate surface area is 175 Å². The molecule has 1 amide bonds. The monoisotopic (exact) mass is 406 g/mol. The molecule has 148 valence electrons. The van der Waals surface area contributed by atoms with Gasteiger partial charge in [-0.15, -0.1) is 0 Å². The molecule has 6 heteroatoms. The fourth-order valence-corrected chi connectivity index (χ4v) is 2.83. The van der Waals surface area contributed by atoms with Gasteiger partial charge in [-0.1, -0.05) is 42.5 Å². The van der Waals surface area contributed by atoms with Gasteiger partial charge in [-0.25, -0.2) is 0 Å². The highest BCUT2D eigenvalue weighted by atomic mass is 32.1. The average Bonchev–Trinajstić information content (AvgIpc) is 2.75. The van der Waals surface area contributed by atoms with E-state index in [2.05, 4.69) is 10.6 Å². The Bertz CT molecular complexity index is 959. The quantitative estimate of drug-likeness (QED) is 0.553. The van der Waals surface area contributed by atoms with Gasteiger partial charge in [-0.05, 0) is 61.1 Å². The number of carbonyl (C=O) groups is 1. The van der Waals surface area contributed by atoms with Gasteiger partial charge in [-0.2, -0.15) is 0 Å². The molecule has 0 atom stereocenters. The van der Waals surface area contributed by atoms with Gasteiger partial charge < -0.3 is 14.8 Å². The van der Waals surface area contributed by atoms with E-state index in [0.29, 0.717) is 36.0 Å². The third-order valence-electron chi connectivity index (χ3n) is 4.03. The van der Waals surface area contributed by atoms with Crippen molar-refractivity contribution >= 4 is 28.9 Å². The molecule has 2 N–H and O–H groups in total. The highest BCUT2D eigenvalue weighted by Gasteiger charge is 2.10. The molecule has 0 saturated carbocycles. The highest BCUT2D eigenvalue weighted by Crippen LogP contribution is 2.23. The molecule has 0 aliphatic heterocycles. The Kier molecular flexibility index (Phi) is 7.19. The van der Waals surface area contributed by atoms with E-state index in [1.807, 2.05) is 61.5 Å². The van der Waals surface area contributed by atoms with Crippen LogP contribution in [-0.2, 0) is 6.61 Å². The zero-order chi connectivity index (χ0) is 20.5. The summed E-state index contributed by atoms with van der Waals surface area (Å²) >= 11 is 5.25. The van der Waals surface area contributed by atoms with Crippen molar-refractivity contribution in [2.45, 2.75) is 13.5 Å². The fourth-order valence-electron chi connectivity index (χ4n) is 2.62. The Hall–Kier alpha value is -3.38. The van der Waals surface area contributed by atoms with Crippen LogP contribution in [0.3, 0.4) is 0 Å². The number of hydrogen-bond acceptors (Lipinski definition) is 4. The van der Waals surface area contributed by atoms with Crippen LogP contribution in [0.5, 0.6) is 11.5 Å². The van der Waals surface area contributed by atoms with Crippen LogP contribution in [0.25, 0.3) is 0 Å². The van der Waals surface area contributed by atoms with Gasteiger partial charge in [0.25, 0.3) is 5.91 Å². The molecular weight excluding hydrogens is 384 g/mol. The van der Waals surface area contributed by atoms with Crippen molar-refractivity contribution in [3.8, 4) is 11.5 Å². The SMILES string of the molecule is CCOc1ccccc1NC(=S)NC(=O)c1ccc(OCc2ccccc2)cc1. The number of rotatable bonds is 7. The Morgan fingerprint density at radius 1 is 0.897 bits per heavy atom. The molecule has 0 aliphatic carbocycles. The second kappa shape index (κ2) is 10.2. The summed E-state index contributed by atoms with van der Waals surface area (Å²) in [4.78, 5) is 12.4. The van der Waals surface area contributed by atoms with Crippen molar-refractivity contribution in [3.05, 3.63) is 90.0 Å². The number of benzene rings is 3. The third-order valence-corrected chi connectivity index (χ3v) is 4.23. The molecule has 0 saturated heterocycles. The van der Waals surface area contributed by atoms with E-state index in [1.54, 1.807) is 24.3 Å². The smallest absolute Gasteiger partial charge is 0.257 e. The van der Waals surface area contributed by atoms with Gasteiger partial charge in [0, 0.05) is 5.56 Å². The lowest BCUT2D eigenvalue weighted by molar-refractivity contribution is 0.0977. The van der Waals surface area contributed by atoms with Gasteiger partial charge in [0.1, 0.15) is 18.1 Å². The molecule has 0 aliphatic rings. The topological polar surface area (TPSA) is 59.6 Å². The number of anilines is 1. The van der Waals surface area contributed by atoms with Crippen LogP contribution >= 0.6 is 12.2 Å². The molecule has 0 spiro atoms. The van der Waals surface area contributed by atoms with E-state index >= 15 is 0 Å². The summed E-state index contributed by atoms with van der Waals surface area (Å²) in [7, 11) is 0. The summed E-state index contributed by atoms with van der Waals surface area (Å²) in [6.07, 6.45) is 0. The summed E-state index contributed by atoms with van der Waals surface area (Å²) in [5, 5.41) is 5.87. The van der Waals surface area contributed by atoms with Crippen LogP contribution in [0.15, 0.2) is 78.9 Å². The molecule has 0 aromatic heterocycles. The molecule has 0 fully saturated rings. The first kappa shape index (κ1) is 20.4. The van der Waals surface area contributed by atoms with Gasteiger partial charge in [0.15, 0.2) is 5.11 Å². The van der Waals surface area contributed by atoms with E-state index in [0.717, 1.165) is 5.56 Å². The molecule has 3 aromatic rings. The molecular formula is C23H22N2O3S. The number of ether oxygens (including phenoxy) is 2. The van der Waals surface area contributed by atoms with Crippen molar-refractivity contribution in [1.29, 1.82) is 0 Å². The largest absolute Gasteiger partial charge is 0.492 e. The number of thiocarbonyl (C=S) groups is 1. The average molecular weight is 407 g/mol. The lowest BCUT2D eigenvalue weighted by Crippen LogP contribution is -2.34. The maximum absolute atomic E-state index is 12.4. The highest BCUT2D eigenvalue weighted by molar-refractivity contribution is 7.80. The third kappa shape index (κ3) is 6.05. The van der Waals surface area contributed by atoms with Crippen LogP contribution in [0.1, 0.15) is 22.8 Å². The molecule has 0 heterocycles. The minimum Gasteiger partial charge on any atom is -0.492 e. The van der Waals surface area contributed by atoms with Crippen LogP contribution in [-0.4, -0.2) is 17.6 Å². The Morgan fingerprint density at radius 3 is 2.31 bits per heavy atom. The number of nitrogens with one attached hydrogen (secondary N) is 2. The fraction of sp³-hybridized carbons (Fsp3) is 0.130. The first-order valence-electron chi connectivity index (χ1n) is 9.26. The van der Waals surface area contributed by atoms with E-state index in [9.17, 15) is 4.79 Å². The van der Waals surface area contributed by atoms with E-state index < -0.39 is 0 Å². The molecule has 0 bridgehead atoms. The van der Waals surface area contributed by atoms with E-state index in [-0.39, 0.29) is 11.0 Å².